The summed E-state index contributed by atoms with van der Waals surface area (Å²) in [4.78, 5) is 12.8. The Labute approximate surface area is 161 Å². The smallest absolute Gasteiger partial charge is 0.214 e. The zero-order chi connectivity index (χ0) is 17.5. The third-order valence-corrected chi connectivity index (χ3v) is 7.41. The number of nitrogens with one attached hydrogen (secondary N) is 1. The van der Waals surface area contributed by atoms with Crippen molar-refractivity contribution in [2.75, 3.05) is 23.3 Å². The highest BCUT2D eigenvalue weighted by molar-refractivity contribution is 7.20. The SMILES string of the molecule is Cc1csc(NC2CCN(c3nn4cc(C5CCCC5)nc4s3)CC2)n1. The lowest BCUT2D eigenvalue weighted by Crippen LogP contribution is -2.39. The Kier molecular flexibility index (Phi) is 4.32. The Bertz CT molecular complexity index is 851. The van der Waals surface area contributed by atoms with Crippen LogP contribution in [0.3, 0.4) is 0 Å². The van der Waals surface area contributed by atoms with Crippen LogP contribution in [0.5, 0.6) is 0 Å². The van der Waals surface area contributed by atoms with E-state index in [1.54, 1.807) is 22.7 Å². The zero-order valence-electron chi connectivity index (χ0n) is 15.0. The van der Waals surface area contributed by atoms with Crippen LogP contribution in [0, 0.1) is 6.92 Å². The predicted octanol–water partition coefficient (Wildman–Crippen LogP) is 4.29. The topological polar surface area (TPSA) is 58.4 Å². The highest BCUT2D eigenvalue weighted by Crippen LogP contribution is 2.35. The number of thiazole rings is 1. The van der Waals surface area contributed by atoms with Gasteiger partial charge in [-0.3, -0.25) is 0 Å². The van der Waals surface area contributed by atoms with Gasteiger partial charge in [0.05, 0.1) is 17.6 Å². The second-order valence-corrected chi connectivity index (χ2v) is 9.25. The quantitative estimate of drug-likeness (QED) is 0.722. The van der Waals surface area contributed by atoms with Gasteiger partial charge in [0, 0.05) is 30.4 Å². The molecule has 4 heterocycles. The number of nitrogens with zero attached hydrogens (tertiary/aromatic N) is 5. The molecule has 138 valence electrons. The number of aryl methyl sites for hydroxylation is 1. The van der Waals surface area contributed by atoms with Crippen molar-refractivity contribution >= 4 is 37.9 Å². The maximum atomic E-state index is 4.86. The molecule has 2 fully saturated rings. The van der Waals surface area contributed by atoms with Gasteiger partial charge in [-0.05, 0) is 32.6 Å². The molecule has 0 bridgehead atoms. The van der Waals surface area contributed by atoms with E-state index in [4.69, 9.17) is 10.1 Å². The van der Waals surface area contributed by atoms with E-state index in [-0.39, 0.29) is 0 Å². The number of rotatable bonds is 4. The summed E-state index contributed by atoms with van der Waals surface area (Å²) in [5.41, 5.74) is 2.34. The molecule has 5 rings (SSSR count). The molecule has 8 heteroatoms. The van der Waals surface area contributed by atoms with Crippen LogP contribution >= 0.6 is 22.7 Å². The van der Waals surface area contributed by atoms with Crippen molar-refractivity contribution in [1.82, 2.24) is 19.6 Å². The lowest BCUT2D eigenvalue weighted by molar-refractivity contribution is 0.524. The van der Waals surface area contributed by atoms with Gasteiger partial charge in [0.2, 0.25) is 10.1 Å². The van der Waals surface area contributed by atoms with Crippen molar-refractivity contribution in [1.29, 1.82) is 0 Å². The van der Waals surface area contributed by atoms with Crippen LogP contribution in [-0.2, 0) is 0 Å². The molecule has 1 N–H and O–H groups in total. The van der Waals surface area contributed by atoms with Crippen molar-refractivity contribution in [3.8, 4) is 0 Å². The van der Waals surface area contributed by atoms with E-state index in [1.807, 2.05) is 11.4 Å². The van der Waals surface area contributed by atoms with Gasteiger partial charge < -0.3 is 10.2 Å². The molecular weight excluding hydrogens is 364 g/mol. The number of anilines is 2. The number of hydrogen-bond donors (Lipinski definition) is 1. The summed E-state index contributed by atoms with van der Waals surface area (Å²) in [6.07, 6.45) is 9.66. The Morgan fingerprint density at radius 3 is 2.62 bits per heavy atom. The Balaban J connectivity index is 1.22. The van der Waals surface area contributed by atoms with E-state index in [0.29, 0.717) is 12.0 Å². The maximum absolute atomic E-state index is 4.86. The third-order valence-electron chi connectivity index (χ3n) is 5.54. The fourth-order valence-corrected chi connectivity index (χ4v) is 5.77. The van der Waals surface area contributed by atoms with Crippen LogP contribution in [0.1, 0.15) is 55.8 Å². The largest absolute Gasteiger partial charge is 0.359 e. The number of imidazole rings is 1. The molecule has 6 nitrogen and oxygen atoms in total. The zero-order valence-corrected chi connectivity index (χ0v) is 16.7. The lowest BCUT2D eigenvalue weighted by Gasteiger charge is -2.31. The standard InChI is InChI=1S/C18H24N6S2/c1-12-11-25-16(19-12)20-14-6-8-23(9-7-14)18-22-24-10-15(21-17(24)26-18)13-4-2-3-5-13/h10-11,13-14H,2-9H2,1H3,(H,19,20). The van der Waals surface area contributed by atoms with Crippen LogP contribution in [0.4, 0.5) is 10.3 Å². The Hall–Kier alpha value is -1.67. The first kappa shape index (κ1) is 16.5. The molecule has 1 saturated carbocycles. The minimum Gasteiger partial charge on any atom is -0.359 e. The summed E-state index contributed by atoms with van der Waals surface area (Å²) in [5, 5.41) is 12.6. The molecule has 0 amide bonds. The number of aromatic nitrogens is 4. The first-order chi connectivity index (χ1) is 12.7. The predicted molar refractivity (Wildman–Crippen MR) is 108 cm³/mol. The summed E-state index contributed by atoms with van der Waals surface area (Å²) in [6, 6.07) is 0.509. The molecule has 0 spiro atoms. The van der Waals surface area contributed by atoms with Crippen LogP contribution in [-0.4, -0.2) is 38.7 Å². The Morgan fingerprint density at radius 1 is 1.12 bits per heavy atom. The van der Waals surface area contributed by atoms with E-state index in [1.165, 1.54) is 31.4 Å². The first-order valence-corrected chi connectivity index (χ1v) is 11.2. The van der Waals surface area contributed by atoms with Crippen LogP contribution in [0.2, 0.25) is 0 Å². The van der Waals surface area contributed by atoms with Crippen molar-refractivity contribution in [3.63, 3.8) is 0 Å². The normalized spacial score (nSPS) is 19.7. The van der Waals surface area contributed by atoms with Crippen LogP contribution in [0.25, 0.3) is 4.96 Å². The minimum atomic E-state index is 0.509. The van der Waals surface area contributed by atoms with E-state index in [0.717, 1.165) is 46.8 Å². The van der Waals surface area contributed by atoms with Gasteiger partial charge in [0.15, 0.2) is 5.13 Å². The fourth-order valence-electron chi connectivity index (χ4n) is 4.06. The maximum Gasteiger partial charge on any atom is 0.214 e. The lowest BCUT2D eigenvalue weighted by atomic mass is 10.1. The van der Waals surface area contributed by atoms with Crippen molar-refractivity contribution < 1.29 is 0 Å². The van der Waals surface area contributed by atoms with Crippen LogP contribution in [0.15, 0.2) is 11.6 Å². The molecule has 2 aliphatic rings. The molecule has 0 radical (unpaired) electrons. The molecule has 0 unspecified atom stereocenters. The number of piperidine rings is 1. The molecule has 1 aliphatic heterocycles. The number of hydrogen-bond acceptors (Lipinski definition) is 7. The van der Waals surface area contributed by atoms with Gasteiger partial charge in [0.1, 0.15) is 0 Å². The summed E-state index contributed by atoms with van der Waals surface area (Å²) in [6.45, 7) is 4.11. The molecule has 1 aliphatic carbocycles. The molecule has 0 aromatic carbocycles. The van der Waals surface area contributed by atoms with E-state index >= 15 is 0 Å². The van der Waals surface area contributed by atoms with E-state index in [9.17, 15) is 0 Å². The second-order valence-electron chi connectivity index (χ2n) is 7.46. The number of fused-ring (bicyclic) bond motifs is 1. The van der Waals surface area contributed by atoms with Gasteiger partial charge in [-0.2, -0.15) is 0 Å². The highest BCUT2D eigenvalue weighted by Gasteiger charge is 2.24. The Morgan fingerprint density at radius 2 is 1.92 bits per heavy atom. The molecule has 3 aromatic rings. The summed E-state index contributed by atoms with van der Waals surface area (Å²) >= 11 is 3.43. The highest BCUT2D eigenvalue weighted by atomic mass is 32.1. The molecular formula is C18H24N6S2. The fraction of sp³-hybridized carbons (Fsp3) is 0.611. The summed E-state index contributed by atoms with van der Waals surface area (Å²) in [7, 11) is 0. The van der Waals surface area contributed by atoms with E-state index in [2.05, 4.69) is 26.8 Å². The average Bonchev–Trinajstić information content (AvgIpc) is 3.39. The second kappa shape index (κ2) is 6.81. The average molecular weight is 389 g/mol. The van der Waals surface area contributed by atoms with Crippen molar-refractivity contribution in [2.24, 2.45) is 0 Å². The molecule has 0 atom stereocenters. The molecule has 26 heavy (non-hydrogen) atoms. The van der Waals surface area contributed by atoms with Crippen molar-refractivity contribution in [3.05, 3.63) is 23.0 Å². The molecule has 3 aromatic heterocycles. The minimum absolute atomic E-state index is 0.509. The van der Waals surface area contributed by atoms with Gasteiger partial charge in [0.25, 0.3) is 0 Å². The van der Waals surface area contributed by atoms with Gasteiger partial charge >= 0.3 is 0 Å². The van der Waals surface area contributed by atoms with Crippen molar-refractivity contribution in [2.45, 2.75) is 57.4 Å². The monoisotopic (exact) mass is 388 g/mol. The first-order valence-electron chi connectivity index (χ1n) is 9.54. The van der Waals surface area contributed by atoms with Crippen LogP contribution < -0.4 is 10.2 Å². The molecule has 1 saturated heterocycles. The van der Waals surface area contributed by atoms with E-state index < -0.39 is 0 Å². The van der Waals surface area contributed by atoms with Gasteiger partial charge in [-0.15, -0.1) is 16.4 Å². The summed E-state index contributed by atoms with van der Waals surface area (Å²) < 4.78 is 2.00. The summed E-state index contributed by atoms with van der Waals surface area (Å²) in [5.74, 6) is 0.656. The third kappa shape index (κ3) is 3.20. The van der Waals surface area contributed by atoms with Gasteiger partial charge in [-0.25, -0.2) is 14.5 Å². The van der Waals surface area contributed by atoms with Gasteiger partial charge in [-0.1, -0.05) is 24.2 Å².